The van der Waals surface area contributed by atoms with Crippen LogP contribution in [0.5, 0.6) is 0 Å². The summed E-state index contributed by atoms with van der Waals surface area (Å²) in [7, 11) is 3.46. The number of likely N-dealkylation sites (N-methyl/N-ethyl adjacent to an activating group) is 1. The Hall–Kier alpha value is -1.67. The highest BCUT2D eigenvalue weighted by atomic mass is 79.9. The van der Waals surface area contributed by atoms with E-state index in [1.807, 2.05) is 13.0 Å². The molecule has 1 aromatic rings. The van der Waals surface area contributed by atoms with Crippen LogP contribution in [0.25, 0.3) is 0 Å². The highest BCUT2D eigenvalue weighted by molar-refractivity contribution is 9.10. The lowest BCUT2D eigenvalue weighted by Crippen LogP contribution is -2.52. The molecule has 1 heterocycles. The van der Waals surface area contributed by atoms with Crippen molar-refractivity contribution in [2.45, 2.75) is 13.5 Å². The second-order valence-electron chi connectivity index (χ2n) is 6.47. The zero-order chi connectivity index (χ0) is 19.1. The summed E-state index contributed by atoms with van der Waals surface area (Å²) in [6.07, 6.45) is 0. The zero-order valence-electron chi connectivity index (χ0n) is 15.6. The van der Waals surface area contributed by atoms with E-state index < -0.39 is 0 Å². The van der Waals surface area contributed by atoms with E-state index >= 15 is 0 Å². The van der Waals surface area contributed by atoms with Gasteiger partial charge >= 0.3 is 0 Å². The van der Waals surface area contributed by atoms with E-state index in [9.17, 15) is 9.18 Å². The van der Waals surface area contributed by atoms with Gasteiger partial charge in [0.25, 0.3) is 0 Å². The highest BCUT2D eigenvalue weighted by Gasteiger charge is 2.20. The molecule has 0 bridgehead atoms. The van der Waals surface area contributed by atoms with Crippen LogP contribution in [0.15, 0.2) is 27.7 Å². The molecule has 26 heavy (non-hydrogen) atoms. The van der Waals surface area contributed by atoms with E-state index in [1.165, 1.54) is 0 Å². The van der Waals surface area contributed by atoms with Gasteiger partial charge in [0, 0.05) is 53.4 Å². The first kappa shape index (κ1) is 20.6. The van der Waals surface area contributed by atoms with Crippen LogP contribution in [0, 0.1) is 5.82 Å². The first-order valence-corrected chi connectivity index (χ1v) is 9.59. The second-order valence-corrected chi connectivity index (χ2v) is 7.32. The number of carbonyl (C=O) groups excluding carboxylic acids is 1. The molecule has 0 unspecified atom stereocenters. The van der Waals surface area contributed by atoms with Gasteiger partial charge in [0.05, 0.1) is 4.47 Å². The molecule has 1 aliphatic rings. The van der Waals surface area contributed by atoms with Crippen LogP contribution in [-0.2, 0) is 11.3 Å². The normalized spacial score (nSPS) is 15.9. The second kappa shape index (κ2) is 9.87. The predicted molar refractivity (Wildman–Crippen MR) is 106 cm³/mol. The topological polar surface area (TPSA) is 51.2 Å². The van der Waals surface area contributed by atoms with Gasteiger partial charge in [-0.2, -0.15) is 0 Å². The Labute approximate surface area is 163 Å². The van der Waals surface area contributed by atoms with Crippen molar-refractivity contribution < 1.29 is 9.18 Å². The maximum absolute atomic E-state index is 13.7. The molecule has 6 nitrogen and oxygen atoms in total. The minimum atomic E-state index is -0.228. The lowest BCUT2D eigenvalue weighted by molar-refractivity contribution is -0.127. The van der Waals surface area contributed by atoms with E-state index in [4.69, 9.17) is 0 Å². The lowest BCUT2D eigenvalue weighted by Gasteiger charge is -2.36. The van der Waals surface area contributed by atoms with Crippen molar-refractivity contribution >= 4 is 27.8 Å². The summed E-state index contributed by atoms with van der Waals surface area (Å²) in [5.41, 5.74) is 0.969. The minimum Gasteiger partial charge on any atom is -0.357 e. The summed E-state index contributed by atoms with van der Waals surface area (Å²) >= 11 is 3.18. The molecular formula is C18H27BrFN5O. The smallest absolute Gasteiger partial charge is 0.243 e. The van der Waals surface area contributed by atoms with Crippen molar-refractivity contribution in [3.8, 4) is 0 Å². The van der Waals surface area contributed by atoms with Gasteiger partial charge < -0.3 is 15.1 Å². The van der Waals surface area contributed by atoms with E-state index in [-0.39, 0.29) is 18.3 Å². The fourth-order valence-corrected chi connectivity index (χ4v) is 2.97. The maximum atomic E-state index is 13.7. The SMILES string of the molecule is CCNC(=NCC(=O)N(C)C)N1CCN(Cc2ccc(Br)c(F)c2)CC1. The maximum Gasteiger partial charge on any atom is 0.243 e. The molecule has 0 spiro atoms. The van der Waals surface area contributed by atoms with Crippen LogP contribution in [0.3, 0.4) is 0 Å². The van der Waals surface area contributed by atoms with Crippen molar-refractivity contribution in [2.75, 3.05) is 53.4 Å². The minimum absolute atomic E-state index is 0.0173. The molecule has 0 aliphatic carbocycles. The Morgan fingerprint density at radius 2 is 2.00 bits per heavy atom. The van der Waals surface area contributed by atoms with Gasteiger partial charge in [-0.25, -0.2) is 9.38 Å². The van der Waals surface area contributed by atoms with Gasteiger partial charge in [-0.3, -0.25) is 9.69 Å². The summed E-state index contributed by atoms with van der Waals surface area (Å²) in [5, 5.41) is 3.26. The number of guanidine groups is 1. The van der Waals surface area contributed by atoms with Crippen LogP contribution in [0.1, 0.15) is 12.5 Å². The number of carbonyl (C=O) groups is 1. The molecule has 1 aliphatic heterocycles. The van der Waals surface area contributed by atoms with Crippen LogP contribution in [0.2, 0.25) is 0 Å². The van der Waals surface area contributed by atoms with E-state index in [0.717, 1.165) is 50.8 Å². The zero-order valence-corrected chi connectivity index (χ0v) is 17.2. The summed E-state index contributed by atoms with van der Waals surface area (Å²) in [4.78, 5) is 22.2. The summed E-state index contributed by atoms with van der Waals surface area (Å²) in [6.45, 7) is 7.02. The number of hydrogen-bond donors (Lipinski definition) is 1. The Bertz CT molecular complexity index is 644. The van der Waals surface area contributed by atoms with E-state index in [0.29, 0.717) is 4.47 Å². The van der Waals surface area contributed by atoms with Crippen molar-refractivity contribution in [3.63, 3.8) is 0 Å². The number of halogens is 2. The number of rotatable bonds is 5. The first-order chi connectivity index (χ1) is 12.4. The largest absolute Gasteiger partial charge is 0.357 e. The summed E-state index contributed by atoms with van der Waals surface area (Å²) in [5.74, 6) is 0.529. The van der Waals surface area contributed by atoms with Gasteiger partial charge in [0.2, 0.25) is 5.91 Å². The number of benzene rings is 1. The Morgan fingerprint density at radius 3 is 2.58 bits per heavy atom. The van der Waals surface area contributed by atoms with Crippen LogP contribution in [0.4, 0.5) is 4.39 Å². The number of nitrogens with one attached hydrogen (secondary N) is 1. The molecule has 1 saturated heterocycles. The fourth-order valence-electron chi connectivity index (χ4n) is 2.72. The lowest BCUT2D eigenvalue weighted by atomic mass is 10.2. The highest BCUT2D eigenvalue weighted by Crippen LogP contribution is 2.18. The Balaban J connectivity index is 1.91. The van der Waals surface area contributed by atoms with E-state index in [1.54, 1.807) is 31.1 Å². The van der Waals surface area contributed by atoms with Gasteiger partial charge in [-0.15, -0.1) is 0 Å². The van der Waals surface area contributed by atoms with Crippen LogP contribution < -0.4 is 5.32 Å². The number of piperazine rings is 1. The van der Waals surface area contributed by atoms with E-state index in [2.05, 4.69) is 36.0 Å². The molecule has 1 N–H and O–H groups in total. The molecule has 0 saturated carbocycles. The number of aliphatic imine (C=N–C) groups is 1. The average Bonchev–Trinajstić information content (AvgIpc) is 2.62. The molecule has 8 heteroatoms. The molecule has 0 aromatic heterocycles. The van der Waals surface area contributed by atoms with Crippen LogP contribution >= 0.6 is 15.9 Å². The quantitative estimate of drug-likeness (QED) is 0.574. The standard InChI is InChI=1S/C18H27BrFN5O/c1-4-21-18(22-12-17(26)23(2)3)25-9-7-24(8-10-25)13-14-5-6-15(19)16(20)11-14/h5-6,11H,4,7-10,12-13H2,1-3H3,(H,21,22). The monoisotopic (exact) mass is 427 g/mol. The Morgan fingerprint density at radius 1 is 1.31 bits per heavy atom. The molecule has 1 aromatic carbocycles. The predicted octanol–water partition coefficient (Wildman–Crippen LogP) is 1.76. The molecular weight excluding hydrogens is 401 g/mol. The van der Waals surface area contributed by atoms with Gasteiger partial charge in [-0.05, 0) is 40.5 Å². The number of amides is 1. The number of hydrogen-bond acceptors (Lipinski definition) is 3. The molecule has 1 amide bonds. The third-order valence-electron chi connectivity index (χ3n) is 4.26. The van der Waals surface area contributed by atoms with Gasteiger partial charge in [0.1, 0.15) is 12.4 Å². The molecule has 0 atom stereocenters. The molecule has 0 radical (unpaired) electrons. The van der Waals surface area contributed by atoms with Crippen molar-refractivity contribution in [2.24, 2.45) is 4.99 Å². The van der Waals surface area contributed by atoms with Gasteiger partial charge in [0.15, 0.2) is 5.96 Å². The van der Waals surface area contributed by atoms with Crippen molar-refractivity contribution in [1.82, 2.24) is 20.0 Å². The van der Waals surface area contributed by atoms with Crippen LogP contribution in [-0.4, -0.2) is 79.9 Å². The third kappa shape index (κ3) is 5.95. The number of nitrogens with zero attached hydrogens (tertiary/aromatic N) is 4. The summed E-state index contributed by atoms with van der Waals surface area (Å²) < 4.78 is 14.2. The molecule has 1 fully saturated rings. The third-order valence-corrected chi connectivity index (χ3v) is 4.90. The van der Waals surface area contributed by atoms with Crippen molar-refractivity contribution in [1.29, 1.82) is 0 Å². The Kier molecular flexibility index (Phi) is 7.84. The van der Waals surface area contributed by atoms with Gasteiger partial charge in [-0.1, -0.05) is 6.07 Å². The fraction of sp³-hybridized carbons (Fsp3) is 0.556. The molecule has 2 rings (SSSR count). The summed E-state index contributed by atoms with van der Waals surface area (Å²) in [6, 6.07) is 5.27. The first-order valence-electron chi connectivity index (χ1n) is 8.80. The van der Waals surface area contributed by atoms with Crippen molar-refractivity contribution in [3.05, 3.63) is 34.1 Å². The average molecular weight is 428 g/mol. The molecule has 144 valence electrons.